The fourth-order valence-electron chi connectivity index (χ4n) is 4.72. The van der Waals surface area contributed by atoms with Crippen LogP contribution < -0.4 is 0 Å². The summed E-state index contributed by atoms with van der Waals surface area (Å²) in [6, 6.07) is 0. The van der Waals surface area contributed by atoms with E-state index in [2.05, 4.69) is 4.18 Å². The van der Waals surface area contributed by atoms with Crippen LogP contribution in [0.25, 0.3) is 0 Å². The lowest BCUT2D eigenvalue weighted by atomic mass is 9.93. The van der Waals surface area contributed by atoms with Gasteiger partial charge in [-0.25, -0.2) is 4.18 Å². The second kappa shape index (κ2) is 21.5. The van der Waals surface area contributed by atoms with E-state index in [4.69, 9.17) is 37.7 Å². The molecule has 0 aliphatic rings. The highest BCUT2D eigenvalue weighted by atomic mass is 32.3. The van der Waals surface area contributed by atoms with Crippen molar-refractivity contribution in [1.82, 2.24) is 0 Å². The van der Waals surface area contributed by atoms with Crippen molar-refractivity contribution in [2.45, 2.75) is 130 Å². The molecule has 47 heavy (non-hydrogen) atoms. The van der Waals surface area contributed by atoms with Crippen LogP contribution in [0.5, 0.6) is 0 Å². The first-order valence-corrected chi connectivity index (χ1v) is 16.2. The van der Waals surface area contributed by atoms with Gasteiger partial charge in [-0.05, 0) is 13.8 Å². The molecule has 0 spiro atoms. The molecule has 5 unspecified atom stereocenters. The smallest absolute Gasteiger partial charge is 0.397 e. The molecule has 0 radical (unpaired) electrons. The minimum atomic E-state index is -4.67. The first kappa shape index (κ1) is 43.6. The summed E-state index contributed by atoms with van der Waals surface area (Å²) >= 11 is 0. The van der Waals surface area contributed by atoms with Gasteiger partial charge in [-0.3, -0.25) is 33.3 Å². The van der Waals surface area contributed by atoms with Gasteiger partial charge in [0.05, 0.1) is 25.4 Å². The van der Waals surface area contributed by atoms with Crippen molar-refractivity contribution in [3.63, 3.8) is 0 Å². The molecular formula is C29H48O17S. The number of hydrogen-bond acceptors (Lipinski definition) is 16. The average Bonchev–Trinajstić information content (AvgIpc) is 2.83. The molecule has 272 valence electrons. The van der Waals surface area contributed by atoms with Crippen LogP contribution in [0.1, 0.15) is 93.9 Å². The van der Waals surface area contributed by atoms with Crippen LogP contribution in [-0.2, 0) is 76.5 Å². The monoisotopic (exact) mass is 700 g/mol. The van der Waals surface area contributed by atoms with Crippen LogP contribution in [0.4, 0.5) is 0 Å². The van der Waals surface area contributed by atoms with Crippen LogP contribution >= 0.6 is 0 Å². The third-order valence-corrected chi connectivity index (χ3v) is 6.50. The number of ether oxygens (including phenoxy) is 7. The second-order valence-electron chi connectivity index (χ2n) is 11.3. The molecule has 0 saturated carbocycles. The van der Waals surface area contributed by atoms with Gasteiger partial charge in [0.15, 0.2) is 0 Å². The van der Waals surface area contributed by atoms with Crippen LogP contribution in [0.3, 0.4) is 0 Å². The Balaban J connectivity index is 6.03. The minimum Gasteiger partial charge on any atom is -0.466 e. The van der Waals surface area contributed by atoms with E-state index < -0.39 is 88.9 Å². The van der Waals surface area contributed by atoms with E-state index in [1.807, 2.05) is 0 Å². The Bertz CT molecular complexity index is 1150. The molecule has 0 aromatic rings. The molecule has 0 aliphatic carbocycles. The molecule has 0 bridgehead atoms. The molecule has 0 aliphatic heterocycles. The topological polar surface area (TPSA) is 231 Å². The highest BCUT2D eigenvalue weighted by Crippen LogP contribution is 2.27. The van der Waals surface area contributed by atoms with Crippen LogP contribution in [0.15, 0.2) is 0 Å². The van der Waals surface area contributed by atoms with Gasteiger partial charge in [0, 0.05) is 80.1 Å². The number of esters is 6. The van der Waals surface area contributed by atoms with Crippen molar-refractivity contribution in [3.05, 3.63) is 0 Å². The van der Waals surface area contributed by atoms with E-state index in [-0.39, 0.29) is 51.7 Å². The predicted octanol–water partition coefficient (Wildman–Crippen LogP) is 2.16. The highest BCUT2D eigenvalue weighted by molar-refractivity contribution is 7.80. The third-order valence-electron chi connectivity index (χ3n) is 6.04. The number of carbonyl (C=O) groups is 6. The molecule has 0 amide bonds. The molecule has 0 heterocycles. The zero-order valence-corrected chi connectivity index (χ0v) is 29.0. The Morgan fingerprint density at radius 3 is 1.30 bits per heavy atom. The fraction of sp³-hybridized carbons (Fsp3) is 0.793. The predicted molar refractivity (Wildman–Crippen MR) is 160 cm³/mol. The zero-order valence-electron chi connectivity index (χ0n) is 28.1. The summed E-state index contributed by atoms with van der Waals surface area (Å²) in [6.07, 6.45) is -4.93. The fourth-order valence-corrected chi connectivity index (χ4v) is 5.00. The Hall–Kier alpha value is -3.35. The molecule has 5 atom stereocenters. The first-order chi connectivity index (χ1) is 21.6. The zero-order chi connectivity index (χ0) is 36.4. The number of hydrogen-bond donors (Lipinski definition) is 1. The summed E-state index contributed by atoms with van der Waals surface area (Å²) in [6.45, 7) is 9.51. The van der Waals surface area contributed by atoms with E-state index in [1.165, 1.54) is 20.8 Å². The maximum absolute atomic E-state index is 12.1. The molecular weight excluding hydrogens is 652 g/mol. The standard InChI is InChI=1S/C29H48O17S/c1-18(30)39-10-9-24(42-19(2)31)13-25(43-20(3)32)14-26(44-21(4)33)15-27(45-22(5)34)16-28(46-23(6)35)17-29(7,8)40-11-12-41-47(36,37)38/h24-28H,9-17H2,1-8H3,(H,36,37,38). The van der Waals surface area contributed by atoms with Gasteiger partial charge in [-0.1, -0.05) is 0 Å². The molecule has 17 nitrogen and oxygen atoms in total. The summed E-state index contributed by atoms with van der Waals surface area (Å²) < 4.78 is 72.3. The van der Waals surface area contributed by atoms with Gasteiger partial charge in [0.25, 0.3) is 0 Å². The lowest BCUT2D eigenvalue weighted by molar-refractivity contribution is -0.160. The van der Waals surface area contributed by atoms with Crippen molar-refractivity contribution in [3.8, 4) is 0 Å². The Morgan fingerprint density at radius 2 is 0.915 bits per heavy atom. The van der Waals surface area contributed by atoms with Gasteiger partial charge in [-0.15, -0.1) is 0 Å². The summed E-state index contributed by atoms with van der Waals surface area (Å²) in [5.74, 6) is -3.87. The molecule has 1 N–H and O–H groups in total. The molecule has 0 aromatic carbocycles. The molecule has 0 aromatic heterocycles. The van der Waals surface area contributed by atoms with Gasteiger partial charge in [0.1, 0.15) is 30.5 Å². The van der Waals surface area contributed by atoms with Crippen LogP contribution in [0.2, 0.25) is 0 Å². The Morgan fingerprint density at radius 1 is 0.553 bits per heavy atom. The van der Waals surface area contributed by atoms with Crippen molar-refractivity contribution >= 4 is 46.2 Å². The summed E-state index contributed by atoms with van der Waals surface area (Å²) in [4.78, 5) is 71.0. The number of rotatable bonds is 23. The maximum Gasteiger partial charge on any atom is 0.397 e. The maximum atomic E-state index is 12.1. The summed E-state index contributed by atoms with van der Waals surface area (Å²) in [5, 5.41) is 0. The Labute approximate surface area is 275 Å². The lowest BCUT2D eigenvalue weighted by Crippen LogP contribution is -2.38. The van der Waals surface area contributed by atoms with E-state index in [0.717, 1.165) is 20.8 Å². The van der Waals surface area contributed by atoms with Crippen LogP contribution in [0, 0.1) is 0 Å². The number of carbonyl (C=O) groups excluding carboxylic acids is 6. The van der Waals surface area contributed by atoms with Crippen molar-refractivity contribution in [2.75, 3.05) is 19.8 Å². The van der Waals surface area contributed by atoms with E-state index >= 15 is 0 Å². The normalized spacial score (nSPS) is 14.8. The summed E-state index contributed by atoms with van der Waals surface area (Å²) in [5.41, 5.74) is -1.03. The Kier molecular flexibility index (Phi) is 20.0. The van der Waals surface area contributed by atoms with E-state index in [9.17, 15) is 37.2 Å². The molecule has 18 heteroatoms. The average molecular weight is 701 g/mol. The third kappa shape index (κ3) is 25.4. The largest absolute Gasteiger partial charge is 0.466 e. The van der Waals surface area contributed by atoms with Crippen molar-refractivity contribution in [2.24, 2.45) is 0 Å². The van der Waals surface area contributed by atoms with Gasteiger partial charge in [0.2, 0.25) is 0 Å². The second-order valence-corrected chi connectivity index (χ2v) is 12.4. The van der Waals surface area contributed by atoms with Crippen molar-refractivity contribution in [1.29, 1.82) is 0 Å². The molecule has 0 saturated heterocycles. The molecule has 0 fully saturated rings. The van der Waals surface area contributed by atoms with Gasteiger partial charge < -0.3 is 33.2 Å². The van der Waals surface area contributed by atoms with Gasteiger partial charge >= 0.3 is 46.2 Å². The van der Waals surface area contributed by atoms with Crippen molar-refractivity contribution < 1.29 is 79.1 Å². The quantitative estimate of drug-likeness (QED) is 0.0696. The van der Waals surface area contributed by atoms with Crippen LogP contribution in [-0.4, -0.2) is 105 Å². The van der Waals surface area contributed by atoms with E-state index in [0.29, 0.717) is 0 Å². The van der Waals surface area contributed by atoms with E-state index in [1.54, 1.807) is 13.8 Å². The highest BCUT2D eigenvalue weighted by Gasteiger charge is 2.33. The summed E-state index contributed by atoms with van der Waals surface area (Å²) in [7, 11) is -4.67. The van der Waals surface area contributed by atoms with Gasteiger partial charge in [-0.2, -0.15) is 8.42 Å². The lowest BCUT2D eigenvalue weighted by Gasteiger charge is -2.32. The molecule has 0 rings (SSSR count). The minimum absolute atomic E-state index is 0.0386. The SMILES string of the molecule is CC(=O)OCCC(CC(CC(CC(CC(CC(C)(C)OCCOS(=O)(=O)O)OC(C)=O)OC(C)=O)OC(C)=O)OC(C)=O)OC(C)=O. The first-order valence-electron chi connectivity index (χ1n) is 14.8.